The zero-order valence-electron chi connectivity index (χ0n) is 10.5. The molecular formula is C15H13ClN2O. The van der Waals surface area contributed by atoms with E-state index in [-0.39, 0.29) is 0 Å². The predicted octanol–water partition coefficient (Wildman–Crippen LogP) is 3.59. The van der Waals surface area contributed by atoms with Gasteiger partial charge in [0, 0.05) is 12.6 Å². The Morgan fingerprint density at radius 2 is 1.95 bits per heavy atom. The third-order valence-electron chi connectivity index (χ3n) is 3.04. The smallest absolute Gasteiger partial charge is 0.138 e. The minimum atomic E-state index is 0.672. The molecule has 0 fully saturated rings. The van der Waals surface area contributed by atoms with Gasteiger partial charge in [-0.05, 0) is 29.8 Å². The third-order valence-corrected chi connectivity index (χ3v) is 3.34. The number of rotatable bonds is 3. The van der Waals surface area contributed by atoms with E-state index < -0.39 is 0 Å². The Bertz CT molecular complexity index is 704. The fourth-order valence-corrected chi connectivity index (χ4v) is 2.27. The highest BCUT2D eigenvalue weighted by Gasteiger charge is 2.05. The first-order valence-corrected chi connectivity index (χ1v) is 6.39. The van der Waals surface area contributed by atoms with Crippen LogP contribution in [0.25, 0.3) is 5.65 Å². The molecule has 0 aliphatic rings. The zero-order valence-corrected chi connectivity index (χ0v) is 11.3. The van der Waals surface area contributed by atoms with Gasteiger partial charge in [-0.3, -0.25) is 4.40 Å². The van der Waals surface area contributed by atoms with Gasteiger partial charge in [0.05, 0.1) is 12.8 Å². The maximum absolute atomic E-state index is 6.12. The van der Waals surface area contributed by atoms with Crippen LogP contribution in [0.4, 0.5) is 0 Å². The summed E-state index contributed by atoms with van der Waals surface area (Å²) in [6, 6.07) is 13.7. The number of fused-ring (bicyclic) bond motifs is 1. The topological polar surface area (TPSA) is 26.5 Å². The molecule has 4 heteroatoms. The Labute approximate surface area is 116 Å². The standard InChI is InChI=1S/C15H13ClN2O/c1-19-13-7-5-11(6-8-13)9-12-10-18-14(16)3-2-4-15(18)17-12/h2-8,10H,9H2,1H3. The van der Waals surface area contributed by atoms with Crippen molar-refractivity contribution in [1.82, 2.24) is 9.38 Å². The molecule has 0 radical (unpaired) electrons. The lowest BCUT2D eigenvalue weighted by atomic mass is 10.1. The number of ether oxygens (including phenoxy) is 1. The van der Waals surface area contributed by atoms with Crippen LogP contribution in [0, 0.1) is 0 Å². The molecule has 0 amide bonds. The fourth-order valence-electron chi connectivity index (χ4n) is 2.07. The molecule has 19 heavy (non-hydrogen) atoms. The zero-order chi connectivity index (χ0) is 13.2. The van der Waals surface area contributed by atoms with Gasteiger partial charge in [0.2, 0.25) is 0 Å². The summed E-state index contributed by atoms with van der Waals surface area (Å²) in [4.78, 5) is 4.56. The molecular weight excluding hydrogens is 260 g/mol. The lowest BCUT2D eigenvalue weighted by Gasteiger charge is -2.01. The number of halogens is 1. The summed E-state index contributed by atoms with van der Waals surface area (Å²) in [7, 11) is 1.67. The Morgan fingerprint density at radius 1 is 1.16 bits per heavy atom. The number of hydrogen-bond donors (Lipinski definition) is 0. The molecule has 1 aromatic carbocycles. The quantitative estimate of drug-likeness (QED) is 0.681. The third kappa shape index (κ3) is 2.42. The second-order valence-electron chi connectivity index (χ2n) is 4.33. The van der Waals surface area contributed by atoms with E-state index in [2.05, 4.69) is 4.98 Å². The van der Waals surface area contributed by atoms with Crippen molar-refractivity contribution in [2.45, 2.75) is 6.42 Å². The average molecular weight is 273 g/mol. The van der Waals surface area contributed by atoms with Gasteiger partial charge in [0.1, 0.15) is 16.5 Å². The van der Waals surface area contributed by atoms with Crippen molar-refractivity contribution in [3.8, 4) is 5.75 Å². The molecule has 3 rings (SSSR count). The summed E-state index contributed by atoms with van der Waals surface area (Å²) >= 11 is 6.12. The maximum atomic E-state index is 6.12. The molecule has 0 saturated heterocycles. The van der Waals surface area contributed by atoms with Crippen LogP contribution in [0.1, 0.15) is 11.3 Å². The first kappa shape index (κ1) is 12.1. The Balaban J connectivity index is 1.90. The molecule has 0 aliphatic carbocycles. The largest absolute Gasteiger partial charge is 0.497 e. The van der Waals surface area contributed by atoms with Gasteiger partial charge in [-0.15, -0.1) is 0 Å². The van der Waals surface area contributed by atoms with Gasteiger partial charge >= 0.3 is 0 Å². The summed E-state index contributed by atoms with van der Waals surface area (Å²) in [6.45, 7) is 0. The van der Waals surface area contributed by atoms with E-state index in [0.29, 0.717) is 5.15 Å². The monoisotopic (exact) mass is 272 g/mol. The number of methoxy groups -OCH3 is 1. The van der Waals surface area contributed by atoms with Gasteiger partial charge in [0.15, 0.2) is 0 Å². The van der Waals surface area contributed by atoms with Gasteiger partial charge in [0.25, 0.3) is 0 Å². The lowest BCUT2D eigenvalue weighted by Crippen LogP contribution is -1.89. The summed E-state index contributed by atoms with van der Waals surface area (Å²) in [5, 5.41) is 0.672. The van der Waals surface area contributed by atoms with Crippen molar-refractivity contribution in [3.05, 3.63) is 65.1 Å². The number of benzene rings is 1. The van der Waals surface area contributed by atoms with E-state index in [0.717, 1.165) is 23.5 Å². The summed E-state index contributed by atoms with van der Waals surface area (Å²) in [6.07, 6.45) is 2.75. The van der Waals surface area contributed by atoms with Crippen LogP contribution >= 0.6 is 11.6 Å². The molecule has 2 aromatic heterocycles. The van der Waals surface area contributed by atoms with Crippen molar-refractivity contribution in [2.24, 2.45) is 0 Å². The molecule has 3 aromatic rings. The van der Waals surface area contributed by atoms with Crippen LogP contribution in [0.3, 0.4) is 0 Å². The van der Waals surface area contributed by atoms with Crippen LogP contribution in [-0.4, -0.2) is 16.5 Å². The maximum Gasteiger partial charge on any atom is 0.138 e. The van der Waals surface area contributed by atoms with Crippen molar-refractivity contribution >= 4 is 17.2 Å². The number of aromatic nitrogens is 2. The van der Waals surface area contributed by atoms with Gasteiger partial charge in [-0.1, -0.05) is 29.8 Å². The number of nitrogens with zero attached hydrogens (tertiary/aromatic N) is 2. The first-order valence-electron chi connectivity index (χ1n) is 6.02. The van der Waals surface area contributed by atoms with E-state index in [1.807, 2.05) is 53.1 Å². The van der Waals surface area contributed by atoms with Crippen molar-refractivity contribution in [2.75, 3.05) is 7.11 Å². The Morgan fingerprint density at radius 3 is 2.63 bits per heavy atom. The van der Waals surface area contributed by atoms with Crippen molar-refractivity contribution < 1.29 is 4.74 Å². The molecule has 2 heterocycles. The molecule has 0 atom stereocenters. The van der Waals surface area contributed by atoms with Gasteiger partial charge in [-0.2, -0.15) is 0 Å². The average Bonchev–Trinajstić information content (AvgIpc) is 2.84. The predicted molar refractivity (Wildman–Crippen MR) is 76.0 cm³/mol. The number of hydrogen-bond acceptors (Lipinski definition) is 2. The van der Waals surface area contributed by atoms with Crippen LogP contribution in [0.15, 0.2) is 48.7 Å². The summed E-state index contributed by atoms with van der Waals surface area (Å²) in [5.74, 6) is 0.863. The van der Waals surface area contributed by atoms with Gasteiger partial charge in [-0.25, -0.2) is 4.98 Å². The van der Waals surface area contributed by atoms with Crippen molar-refractivity contribution in [1.29, 1.82) is 0 Å². The molecule has 3 nitrogen and oxygen atoms in total. The highest BCUT2D eigenvalue weighted by molar-refractivity contribution is 6.29. The van der Waals surface area contributed by atoms with E-state index in [9.17, 15) is 0 Å². The molecule has 0 unspecified atom stereocenters. The number of imidazole rings is 1. The second kappa shape index (κ2) is 4.94. The van der Waals surface area contributed by atoms with Crippen molar-refractivity contribution in [3.63, 3.8) is 0 Å². The summed E-state index contributed by atoms with van der Waals surface area (Å²) < 4.78 is 7.04. The SMILES string of the molecule is COc1ccc(Cc2cn3c(Cl)cccc3n2)cc1. The Kier molecular flexibility index (Phi) is 3.13. The van der Waals surface area contributed by atoms with E-state index in [1.54, 1.807) is 7.11 Å². The van der Waals surface area contributed by atoms with E-state index >= 15 is 0 Å². The minimum absolute atomic E-state index is 0.672. The normalized spacial score (nSPS) is 10.8. The van der Waals surface area contributed by atoms with Crippen LogP contribution in [-0.2, 0) is 6.42 Å². The molecule has 0 spiro atoms. The van der Waals surface area contributed by atoms with E-state index in [4.69, 9.17) is 16.3 Å². The van der Waals surface area contributed by atoms with Crippen LogP contribution in [0.2, 0.25) is 5.15 Å². The Hall–Kier alpha value is -2.00. The molecule has 96 valence electrons. The molecule has 0 bridgehead atoms. The van der Waals surface area contributed by atoms with E-state index in [1.165, 1.54) is 5.56 Å². The lowest BCUT2D eigenvalue weighted by molar-refractivity contribution is 0.414. The minimum Gasteiger partial charge on any atom is -0.497 e. The molecule has 0 aliphatic heterocycles. The number of pyridine rings is 1. The fraction of sp³-hybridized carbons (Fsp3) is 0.133. The summed E-state index contributed by atoms with van der Waals surface area (Å²) in [5.41, 5.74) is 3.06. The highest BCUT2D eigenvalue weighted by atomic mass is 35.5. The first-order chi connectivity index (χ1) is 9.26. The molecule has 0 N–H and O–H groups in total. The van der Waals surface area contributed by atoms with Gasteiger partial charge < -0.3 is 4.74 Å². The van der Waals surface area contributed by atoms with Crippen LogP contribution < -0.4 is 4.74 Å². The molecule has 0 saturated carbocycles. The highest BCUT2D eigenvalue weighted by Crippen LogP contribution is 2.17. The van der Waals surface area contributed by atoms with Crippen LogP contribution in [0.5, 0.6) is 5.75 Å². The second-order valence-corrected chi connectivity index (χ2v) is 4.72.